The van der Waals surface area contributed by atoms with Crippen LogP contribution in [-0.4, -0.2) is 65.7 Å². The summed E-state index contributed by atoms with van der Waals surface area (Å²) in [7, 11) is 0. The molecule has 2 aromatic rings. The van der Waals surface area contributed by atoms with Crippen molar-refractivity contribution in [3.8, 4) is 5.75 Å². The molecule has 3 N–H and O–H groups in total. The SMILES string of the molecule is C=N/C(=C1/C=NC(c2cc(O)cc3cccc(CC)c23)=C(F)C1=NCO)N1CC2CCC(C1)N2. The molecule has 34 heavy (non-hydrogen) atoms. The maximum Gasteiger partial charge on any atom is 0.175 e. The number of aliphatic hydroxyl groups is 1. The summed E-state index contributed by atoms with van der Waals surface area (Å²) in [6.45, 7) is 6.67. The molecule has 7 nitrogen and oxygen atoms in total. The number of aliphatic hydroxyl groups excluding tert-OH is 1. The zero-order valence-electron chi connectivity index (χ0n) is 19.1. The molecule has 0 amide bonds. The third kappa shape index (κ3) is 3.82. The van der Waals surface area contributed by atoms with Gasteiger partial charge in [-0.2, -0.15) is 0 Å². The van der Waals surface area contributed by atoms with E-state index in [4.69, 9.17) is 0 Å². The first-order valence-corrected chi connectivity index (χ1v) is 11.6. The first kappa shape index (κ1) is 22.4. The molecule has 2 aromatic carbocycles. The molecule has 0 aromatic heterocycles. The molecule has 176 valence electrons. The second-order valence-electron chi connectivity index (χ2n) is 8.87. The van der Waals surface area contributed by atoms with Crippen molar-refractivity contribution in [2.45, 2.75) is 38.3 Å². The van der Waals surface area contributed by atoms with Gasteiger partial charge in [0.2, 0.25) is 0 Å². The lowest BCUT2D eigenvalue weighted by Crippen LogP contribution is -2.50. The van der Waals surface area contributed by atoms with Crippen molar-refractivity contribution in [1.29, 1.82) is 0 Å². The fraction of sp³-hybridized carbons (Fsp3) is 0.346. The zero-order chi connectivity index (χ0) is 23.8. The third-order valence-electron chi connectivity index (χ3n) is 6.81. The number of aromatic hydroxyl groups is 1. The Hall–Kier alpha value is -3.36. The minimum Gasteiger partial charge on any atom is -0.508 e. The molecule has 2 unspecified atom stereocenters. The van der Waals surface area contributed by atoms with Gasteiger partial charge in [-0.3, -0.25) is 9.98 Å². The summed E-state index contributed by atoms with van der Waals surface area (Å²) in [4.78, 5) is 14.9. The van der Waals surface area contributed by atoms with Crippen LogP contribution in [0.4, 0.5) is 4.39 Å². The second-order valence-corrected chi connectivity index (χ2v) is 8.87. The average molecular weight is 462 g/mol. The van der Waals surface area contributed by atoms with Crippen LogP contribution in [0.2, 0.25) is 0 Å². The van der Waals surface area contributed by atoms with E-state index in [2.05, 4.69) is 31.9 Å². The van der Waals surface area contributed by atoms with Crippen molar-refractivity contribution < 1.29 is 14.6 Å². The molecular weight excluding hydrogens is 433 g/mol. The fourth-order valence-corrected chi connectivity index (χ4v) is 5.35. The van der Waals surface area contributed by atoms with Crippen molar-refractivity contribution >= 4 is 35.1 Å². The monoisotopic (exact) mass is 461 g/mol. The lowest BCUT2D eigenvalue weighted by molar-refractivity contribution is 0.241. The van der Waals surface area contributed by atoms with E-state index in [9.17, 15) is 10.2 Å². The summed E-state index contributed by atoms with van der Waals surface area (Å²) < 4.78 is 16.1. The van der Waals surface area contributed by atoms with Gasteiger partial charge in [-0.25, -0.2) is 9.38 Å². The smallest absolute Gasteiger partial charge is 0.175 e. The largest absolute Gasteiger partial charge is 0.508 e. The van der Waals surface area contributed by atoms with Gasteiger partial charge in [0.15, 0.2) is 5.83 Å². The number of fused-ring (bicyclic) bond motifs is 3. The molecule has 2 bridgehead atoms. The molecule has 0 aliphatic carbocycles. The van der Waals surface area contributed by atoms with E-state index in [1.54, 1.807) is 12.3 Å². The molecule has 2 fully saturated rings. The van der Waals surface area contributed by atoms with Crippen LogP contribution in [-0.2, 0) is 6.42 Å². The first-order valence-electron chi connectivity index (χ1n) is 11.6. The van der Waals surface area contributed by atoms with E-state index in [0.29, 0.717) is 29.0 Å². The maximum absolute atomic E-state index is 16.1. The summed E-state index contributed by atoms with van der Waals surface area (Å²) in [5.74, 6) is -0.125. The topological polar surface area (TPSA) is 92.8 Å². The summed E-state index contributed by atoms with van der Waals surface area (Å²) in [5.41, 5.74) is 1.97. The lowest BCUT2D eigenvalue weighted by Gasteiger charge is -2.35. The molecule has 3 heterocycles. The standard InChI is InChI=1S/C26H28FN5O2/c1-3-15-5-4-6-16-9-19(34)10-20(22(15)16)24-23(27)25(30-14-33)21(11-29-24)26(28-2)32-12-17-7-8-18(13-32)31-17/h4-6,9-11,17-18,31,33-34H,2-3,7-8,12-14H2,1H3/b26-21+,30-25?. The summed E-state index contributed by atoms with van der Waals surface area (Å²) >= 11 is 0. The van der Waals surface area contributed by atoms with Crippen LogP contribution in [0, 0.1) is 0 Å². The van der Waals surface area contributed by atoms with E-state index in [1.807, 2.05) is 25.1 Å². The number of aliphatic imine (C=N–C) groups is 3. The van der Waals surface area contributed by atoms with Crippen molar-refractivity contribution in [2.75, 3.05) is 19.8 Å². The Bertz CT molecular complexity index is 1270. The molecule has 0 saturated carbocycles. The van der Waals surface area contributed by atoms with E-state index >= 15 is 4.39 Å². The molecular formula is C26H28FN5O2. The molecule has 3 aliphatic heterocycles. The Labute approximate surface area is 197 Å². The third-order valence-corrected chi connectivity index (χ3v) is 6.81. The number of nitrogens with zero attached hydrogens (tertiary/aromatic N) is 4. The van der Waals surface area contributed by atoms with Crippen LogP contribution in [0.5, 0.6) is 5.75 Å². The lowest BCUT2D eigenvalue weighted by atomic mass is 9.93. The number of hydrogen-bond acceptors (Lipinski definition) is 7. The summed E-state index contributed by atoms with van der Waals surface area (Å²) in [6, 6.07) is 9.69. The van der Waals surface area contributed by atoms with Gasteiger partial charge in [-0.1, -0.05) is 25.1 Å². The second kappa shape index (κ2) is 9.12. The van der Waals surface area contributed by atoms with Crippen LogP contribution in [0.25, 0.3) is 16.5 Å². The number of nitrogens with one attached hydrogen (secondary N) is 1. The number of likely N-dealkylation sites (tertiary alicyclic amines) is 1. The van der Waals surface area contributed by atoms with Crippen LogP contribution < -0.4 is 5.32 Å². The van der Waals surface area contributed by atoms with E-state index in [0.717, 1.165) is 48.7 Å². The molecule has 2 saturated heterocycles. The Kier molecular flexibility index (Phi) is 6.02. The van der Waals surface area contributed by atoms with Crippen LogP contribution in [0.15, 0.2) is 62.5 Å². The van der Waals surface area contributed by atoms with Gasteiger partial charge in [0.05, 0.1) is 5.57 Å². The number of allylic oxidation sites excluding steroid dienone is 2. The normalized spacial score (nSPS) is 24.9. The van der Waals surface area contributed by atoms with Crippen LogP contribution in [0.3, 0.4) is 0 Å². The number of hydrogen-bond donors (Lipinski definition) is 3. The van der Waals surface area contributed by atoms with Gasteiger partial charge in [-0.15, -0.1) is 0 Å². The van der Waals surface area contributed by atoms with Crippen molar-refractivity contribution in [1.82, 2.24) is 10.2 Å². The molecule has 0 spiro atoms. The zero-order valence-corrected chi connectivity index (χ0v) is 19.1. The van der Waals surface area contributed by atoms with Gasteiger partial charge >= 0.3 is 0 Å². The maximum atomic E-state index is 16.1. The minimum absolute atomic E-state index is 0.00810. The molecule has 2 atom stereocenters. The predicted octanol–water partition coefficient (Wildman–Crippen LogP) is 3.57. The quantitative estimate of drug-likeness (QED) is 0.594. The van der Waals surface area contributed by atoms with Crippen molar-refractivity contribution in [3.63, 3.8) is 0 Å². The van der Waals surface area contributed by atoms with Crippen molar-refractivity contribution in [3.05, 3.63) is 58.7 Å². The minimum atomic E-state index is -0.663. The number of rotatable bonds is 5. The number of benzene rings is 2. The Morgan fingerprint density at radius 3 is 2.71 bits per heavy atom. The number of aryl methyl sites for hydroxylation is 1. The van der Waals surface area contributed by atoms with E-state index in [-0.39, 0.29) is 17.2 Å². The fourth-order valence-electron chi connectivity index (χ4n) is 5.35. The summed E-state index contributed by atoms with van der Waals surface area (Å²) in [5, 5.41) is 25.2. The highest BCUT2D eigenvalue weighted by Gasteiger charge is 2.35. The van der Waals surface area contributed by atoms with Gasteiger partial charge in [0.1, 0.15) is 29.7 Å². The van der Waals surface area contributed by atoms with Gasteiger partial charge < -0.3 is 20.4 Å². The molecule has 5 rings (SSSR count). The van der Waals surface area contributed by atoms with Gasteiger partial charge in [0.25, 0.3) is 0 Å². The Balaban J connectivity index is 1.66. The van der Waals surface area contributed by atoms with Gasteiger partial charge in [-0.05, 0) is 54.4 Å². The predicted molar refractivity (Wildman–Crippen MR) is 134 cm³/mol. The summed E-state index contributed by atoms with van der Waals surface area (Å²) in [6.07, 6.45) is 4.47. The van der Waals surface area contributed by atoms with Crippen molar-refractivity contribution in [2.24, 2.45) is 15.0 Å². The number of piperazine rings is 1. The van der Waals surface area contributed by atoms with Crippen LogP contribution >= 0.6 is 0 Å². The Morgan fingerprint density at radius 1 is 1.26 bits per heavy atom. The van der Waals surface area contributed by atoms with E-state index < -0.39 is 12.6 Å². The molecule has 8 heteroatoms. The van der Waals surface area contributed by atoms with E-state index in [1.165, 1.54) is 6.07 Å². The van der Waals surface area contributed by atoms with Crippen LogP contribution in [0.1, 0.15) is 30.9 Å². The molecule has 3 aliphatic rings. The highest BCUT2D eigenvalue weighted by molar-refractivity contribution is 6.29. The number of halogens is 1. The highest BCUT2D eigenvalue weighted by Crippen LogP contribution is 2.38. The number of phenols is 1. The average Bonchev–Trinajstić information content (AvgIpc) is 3.18. The highest BCUT2D eigenvalue weighted by atomic mass is 19.1. The van der Waals surface area contributed by atoms with Gasteiger partial charge in [0, 0.05) is 37.0 Å². The first-order chi connectivity index (χ1) is 16.5. The Morgan fingerprint density at radius 2 is 2.03 bits per heavy atom. The number of phenolic OH excluding ortho intramolecular Hbond substituents is 1. The molecule has 0 radical (unpaired) electrons.